The van der Waals surface area contributed by atoms with Crippen LogP contribution in [0.15, 0.2) is 48.5 Å². The number of rotatable bonds is 7. The number of amides is 1. The predicted octanol–water partition coefficient (Wildman–Crippen LogP) is 4.73. The number of hydrogen-bond donors (Lipinski definition) is 1. The van der Waals surface area contributed by atoms with E-state index in [1.54, 1.807) is 0 Å². The monoisotopic (exact) mass is 539 g/mol. The molecule has 2 aromatic carbocycles. The molecule has 1 aromatic heterocycles. The molecule has 0 unspecified atom stereocenters. The van der Waals surface area contributed by atoms with E-state index >= 15 is 0 Å². The molecule has 2 heterocycles. The Morgan fingerprint density at radius 1 is 1.11 bits per heavy atom. The number of ether oxygens (including phenoxy) is 3. The van der Waals surface area contributed by atoms with Gasteiger partial charge in [-0.1, -0.05) is 6.07 Å². The normalized spacial score (nSPS) is 16.7. The fraction of sp³-hybridized carbons (Fsp3) is 0.292. The average molecular weight is 539 g/mol. The molecule has 3 aromatic rings. The molecular weight excluding hydrogens is 521 g/mol. The van der Waals surface area contributed by atoms with Gasteiger partial charge in [-0.2, -0.15) is 18.3 Å². The van der Waals surface area contributed by atoms with Crippen LogP contribution in [0.3, 0.4) is 0 Å². The molecule has 0 radical (unpaired) electrons. The number of benzene rings is 2. The molecule has 1 amide bonds. The summed E-state index contributed by atoms with van der Waals surface area (Å²) in [5, 5.41) is 12.9. The van der Waals surface area contributed by atoms with Gasteiger partial charge in [0.05, 0.1) is 5.69 Å². The summed E-state index contributed by atoms with van der Waals surface area (Å²) in [4.78, 5) is 25.7. The lowest BCUT2D eigenvalue weighted by Gasteiger charge is -2.18. The summed E-state index contributed by atoms with van der Waals surface area (Å²) in [6.07, 6.45) is -7.98. The largest absolute Gasteiger partial charge is 0.586 e. The lowest BCUT2D eigenvalue weighted by molar-refractivity contribution is -0.286. The summed E-state index contributed by atoms with van der Waals surface area (Å²) in [5.74, 6) is -2.55. The summed E-state index contributed by atoms with van der Waals surface area (Å²) in [5.41, 5.74) is -2.17. The second kappa shape index (κ2) is 8.60. The Morgan fingerprint density at radius 3 is 2.47 bits per heavy atom. The zero-order chi connectivity index (χ0) is 27.5. The van der Waals surface area contributed by atoms with E-state index in [1.165, 1.54) is 49.5 Å². The standard InChI is InChI=1S/C24H18F5N3O6/c1-31(14-5-6-16-17(10-14)38-24(28,29)37-16)20(33)13-3-2-4-15(9-13)32-19(11-18(30-32)23(25,26)27)36-12-22(7-8-22)21(34)35/h2-6,9-11H,7-8,12H2,1H3,(H,34,35). The van der Waals surface area contributed by atoms with Gasteiger partial charge in [0.1, 0.15) is 12.0 Å². The van der Waals surface area contributed by atoms with Crippen LogP contribution < -0.4 is 19.1 Å². The third kappa shape index (κ3) is 4.68. The Hall–Kier alpha value is -4.36. The van der Waals surface area contributed by atoms with Crippen LogP contribution in [0.4, 0.5) is 27.6 Å². The SMILES string of the molecule is CN(C(=O)c1cccc(-n2nc(C(F)(F)F)cc2OCC2(C(=O)O)CC2)c1)c1ccc2c(c1)OC(F)(F)O2. The highest BCUT2D eigenvalue weighted by Crippen LogP contribution is 2.46. The van der Waals surface area contributed by atoms with Crippen molar-refractivity contribution in [3.63, 3.8) is 0 Å². The summed E-state index contributed by atoms with van der Waals surface area (Å²) in [6, 6.07) is 9.88. The average Bonchev–Trinajstić information content (AvgIpc) is 3.41. The van der Waals surface area contributed by atoms with Gasteiger partial charge in [0, 0.05) is 30.4 Å². The van der Waals surface area contributed by atoms with Gasteiger partial charge in [-0.25, -0.2) is 4.68 Å². The molecule has 1 aliphatic heterocycles. The third-order valence-corrected chi connectivity index (χ3v) is 6.19. The summed E-state index contributed by atoms with van der Waals surface area (Å²) in [7, 11) is 1.37. The minimum atomic E-state index is -4.81. The zero-order valence-electron chi connectivity index (χ0n) is 19.5. The van der Waals surface area contributed by atoms with Gasteiger partial charge in [-0.05, 0) is 43.2 Å². The van der Waals surface area contributed by atoms with Gasteiger partial charge < -0.3 is 24.2 Å². The van der Waals surface area contributed by atoms with Gasteiger partial charge >= 0.3 is 18.4 Å². The Labute approximate surface area is 210 Å². The number of halogens is 5. The van der Waals surface area contributed by atoms with Crippen molar-refractivity contribution in [2.45, 2.75) is 25.3 Å². The van der Waals surface area contributed by atoms with Crippen LogP contribution in [0.25, 0.3) is 5.69 Å². The molecule has 5 rings (SSSR count). The Bertz CT molecular complexity index is 1430. The van der Waals surface area contributed by atoms with E-state index in [-0.39, 0.29) is 40.9 Å². The molecule has 14 heteroatoms. The highest BCUT2D eigenvalue weighted by molar-refractivity contribution is 6.06. The smallest absolute Gasteiger partial charge is 0.481 e. The molecule has 200 valence electrons. The van der Waals surface area contributed by atoms with Crippen LogP contribution in [-0.2, 0) is 11.0 Å². The Balaban J connectivity index is 1.42. The molecule has 0 bridgehead atoms. The first-order chi connectivity index (χ1) is 17.8. The quantitative estimate of drug-likeness (QED) is 0.433. The number of aromatic nitrogens is 2. The number of carboxylic acids is 1. The maximum absolute atomic E-state index is 13.4. The van der Waals surface area contributed by atoms with Crippen molar-refractivity contribution in [2.75, 3.05) is 18.6 Å². The van der Waals surface area contributed by atoms with Gasteiger partial charge in [-0.15, -0.1) is 8.78 Å². The van der Waals surface area contributed by atoms with Crippen molar-refractivity contribution >= 4 is 17.6 Å². The van der Waals surface area contributed by atoms with Crippen LogP contribution in [0, 0.1) is 5.41 Å². The van der Waals surface area contributed by atoms with Gasteiger partial charge in [-0.3, -0.25) is 9.59 Å². The van der Waals surface area contributed by atoms with Crippen molar-refractivity contribution in [3.8, 4) is 23.1 Å². The van der Waals surface area contributed by atoms with Crippen molar-refractivity contribution in [3.05, 3.63) is 59.8 Å². The van der Waals surface area contributed by atoms with E-state index in [9.17, 15) is 36.6 Å². The van der Waals surface area contributed by atoms with Gasteiger partial charge in [0.2, 0.25) is 5.88 Å². The number of fused-ring (bicyclic) bond motifs is 1. The topological polar surface area (TPSA) is 103 Å². The molecule has 38 heavy (non-hydrogen) atoms. The van der Waals surface area contributed by atoms with Gasteiger partial charge in [0.25, 0.3) is 5.91 Å². The van der Waals surface area contributed by atoms with Crippen LogP contribution in [0.5, 0.6) is 17.4 Å². The lowest BCUT2D eigenvalue weighted by Crippen LogP contribution is -2.26. The molecule has 1 aliphatic carbocycles. The van der Waals surface area contributed by atoms with Crippen molar-refractivity contribution in [1.82, 2.24) is 9.78 Å². The van der Waals surface area contributed by atoms with Gasteiger partial charge in [0.15, 0.2) is 17.2 Å². The fourth-order valence-corrected chi connectivity index (χ4v) is 3.80. The van der Waals surface area contributed by atoms with E-state index in [1.807, 2.05) is 0 Å². The first-order valence-corrected chi connectivity index (χ1v) is 11.1. The fourth-order valence-electron chi connectivity index (χ4n) is 3.80. The van der Waals surface area contributed by atoms with Crippen LogP contribution in [0.1, 0.15) is 28.9 Å². The first kappa shape index (κ1) is 25.3. The van der Waals surface area contributed by atoms with Crippen LogP contribution in [0.2, 0.25) is 0 Å². The van der Waals surface area contributed by atoms with E-state index in [0.717, 1.165) is 9.58 Å². The minimum Gasteiger partial charge on any atom is -0.481 e. The number of hydrogen-bond acceptors (Lipinski definition) is 6. The molecule has 2 aliphatic rings. The van der Waals surface area contributed by atoms with Crippen molar-refractivity contribution in [2.24, 2.45) is 5.41 Å². The van der Waals surface area contributed by atoms with E-state index in [0.29, 0.717) is 18.9 Å². The molecule has 9 nitrogen and oxygen atoms in total. The van der Waals surface area contributed by atoms with E-state index in [4.69, 9.17) is 4.74 Å². The molecule has 0 spiro atoms. The third-order valence-electron chi connectivity index (χ3n) is 6.19. The van der Waals surface area contributed by atoms with E-state index < -0.39 is 35.5 Å². The summed E-state index contributed by atoms with van der Waals surface area (Å²) >= 11 is 0. The number of carbonyl (C=O) groups is 2. The second-order valence-electron chi connectivity index (χ2n) is 8.86. The van der Waals surface area contributed by atoms with Crippen LogP contribution in [-0.4, -0.2) is 46.7 Å². The molecule has 0 saturated heterocycles. The van der Waals surface area contributed by atoms with Crippen molar-refractivity contribution in [1.29, 1.82) is 0 Å². The lowest BCUT2D eigenvalue weighted by atomic mass is 10.1. The highest BCUT2D eigenvalue weighted by Gasteiger charge is 2.51. The Morgan fingerprint density at radius 2 is 1.82 bits per heavy atom. The molecule has 1 N–H and O–H groups in total. The maximum atomic E-state index is 13.4. The summed E-state index contributed by atoms with van der Waals surface area (Å²) in [6.45, 7) is -0.351. The molecule has 1 fully saturated rings. The minimum absolute atomic E-state index is 0.0344. The number of alkyl halides is 5. The summed E-state index contributed by atoms with van der Waals surface area (Å²) < 4.78 is 81.9. The second-order valence-corrected chi connectivity index (χ2v) is 8.86. The van der Waals surface area contributed by atoms with E-state index in [2.05, 4.69) is 14.6 Å². The first-order valence-electron chi connectivity index (χ1n) is 11.1. The molecule has 0 atom stereocenters. The number of nitrogens with zero attached hydrogens (tertiary/aromatic N) is 3. The number of carboxylic acid groups (broad SMARTS) is 1. The number of carbonyl (C=O) groups excluding carboxylic acids is 1. The molecular formula is C24H18F5N3O6. The zero-order valence-corrected chi connectivity index (χ0v) is 19.5. The highest BCUT2D eigenvalue weighted by atomic mass is 19.4. The van der Waals surface area contributed by atoms with Crippen LogP contribution >= 0.6 is 0 Å². The molecule has 1 saturated carbocycles. The Kier molecular flexibility index (Phi) is 5.72. The maximum Gasteiger partial charge on any atom is 0.586 e. The number of aliphatic carboxylic acids is 1. The van der Waals surface area contributed by atoms with Crippen molar-refractivity contribution < 1.29 is 50.9 Å². The predicted molar refractivity (Wildman–Crippen MR) is 119 cm³/mol. The number of anilines is 1.